The summed E-state index contributed by atoms with van der Waals surface area (Å²) in [6.45, 7) is 0.556. The van der Waals surface area contributed by atoms with Gasteiger partial charge in [-0.3, -0.25) is 0 Å². The monoisotopic (exact) mass is 345 g/mol. The number of fused-ring (bicyclic) bond motifs is 3. The van der Waals surface area contributed by atoms with Crippen LogP contribution in [0.15, 0.2) is 72.8 Å². The molecular formula is C22H19NO3. The molecule has 0 unspecified atom stereocenters. The maximum Gasteiger partial charge on any atom is 0.336 e. The Morgan fingerprint density at radius 3 is 2.42 bits per heavy atom. The van der Waals surface area contributed by atoms with Gasteiger partial charge in [0.05, 0.1) is 16.6 Å². The Bertz CT molecular complexity index is 1070. The summed E-state index contributed by atoms with van der Waals surface area (Å²) < 4.78 is 1.77. The Labute approximate surface area is 151 Å². The summed E-state index contributed by atoms with van der Waals surface area (Å²) in [5, 5.41) is 11.2. The second-order valence-corrected chi connectivity index (χ2v) is 6.24. The number of rotatable bonds is 6. The van der Waals surface area contributed by atoms with Gasteiger partial charge in [0.15, 0.2) is 0 Å². The molecule has 4 nitrogen and oxygen atoms in total. The molecule has 4 rings (SSSR count). The molecule has 0 amide bonds. The van der Waals surface area contributed by atoms with Crippen molar-refractivity contribution in [3.8, 4) is 0 Å². The molecule has 4 aromatic rings. The number of carboxylic acid groups (broad SMARTS) is 1. The highest BCUT2D eigenvalue weighted by atomic mass is 16.7. The number of hydrogen-bond acceptors (Lipinski definition) is 2. The van der Waals surface area contributed by atoms with Crippen LogP contribution >= 0.6 is 0 Å². The molecule has 0 aliphatic heterocycles. The van der Waals surface area contributed by atoms with Crippen LogP contribution in [-0.4, -0.2) is 22.4 Å². The zero-order valence-corrected chi connectivity index (χ0v) is 14.3. The molecule has 1 aromatic heterocycles. The summed E-state index contributed by atoms with van der Waals surface area (Å²) in [6.07, 6.45) is 1.83. The van der Waals surface area contributed by atoms with Crippen molar-refractivity contribution < 1.29 is 14.7 Å². The molecular weight excluding hydrogens is 326 g/mol. The van der Waals surface area contributed by atoms with E-state index in [1.165, 1.54) is 5.56 Å². The second-order valence-electron chi connectivity index (χ2n) is 6.24. The molecule has 1 heterocycles. The molecule has 0 aliphatic rings. The van der Waals surface area contributed by atoms with Gasteiger partial charge in [-0.15, -0.1) is 0 Å². The molecule has 0 fully saturated rings. The predicted octanol–water partition coefficient (Wildman–Crippen LogP) is 4.55. The maximum absolute atomic E-state index is 11.6. The fraction of sp³-hybridized carbons (Fsp3) is 0.136. The number of aromatic nitrogens is 1. The summed E-state index contributed by atoms with van der Waals surface area (Å²) in [6, 6.07) is 23.4. The molecule has 0 radical (unpaired) electrons. The fourth-order valence-corrected chi connectivity index (χ4v) is 3.38. The zero-order valence-electron chi connectivity index (χ0n) is 14.3. The van der Waals surface area contributed by atoms with Crippen LogP contribution in [0.25, 0.3) is 21.8 Å². The highest BCUT2D eigenvalue weighted by molar-refractivity contribution is 6.16. The van der Waals surface area contributed by atoms with Crippen LogP contribution in [-0.2, 0) is 6.42 Å². The lowest BCUT2D eigenvalue weighted by atomic mass is 10.1. The zero-order chi connectivity index (χ0) is 17.9. The Kier molecular flexibility index (Phi) is 4.32. The number of carbonyl (C=O) groups is 1. The molecule has 130 valence electrons. The van der Waals surface area contributed by atoms with Crippen molar-refractivity contribution in [2.45, 2.75) is 12.8 Å². The Balaban J connectivity index is 1.65. The number of aromatic carboxylic acids is 1. The van der Waals surface area contributed by atoms with E-state index in [4.69, 9.17) is 4.84 Å². The number of nitrogens with zero attached hydrogens (tertiary/aromatic N) is 1. The molecule has 0 aliphatic carbocycles. The van der Waals surface area contributed by atoms with Gasteiger partial charge in [0.25, 0.3) is 0 Å². The van der Waals surface area contributed by atoms with Crippen LogP contribution < -0.4 is 4.84 Å². The first kappa shape index (κ1) is 16.2. The molecule has 3 aromatic carbocycles. The van der Waals surface area contributed by atoms with Gasteiger partial charge in [-0.2, -0.15) is 4.73 Å². The summed E-state index contributed by atoms with van der Waals surface area (Å²) >= 11 is 0. The SMILES string of the molecule is O=C(O)c1cccc2c1c1ccccc1n2OCCCc1ccccc1. The number of carboxylic acids is 1. The standard InChI is InChI=1S/C22H19NO3/c24-22(25)18-12-6-14-20-21(18)17-11-4-5-13-19(17)23(20)26-15-7-10-16-8-2-1-3-9-16/h1-6,8-9,11-14H,7,10,15H2,(H,24,25). The van der Waals surface area contributed by atoms with Crippen molar-refractivity contribution in [2.75, 3.05) is 6.61 Å². The minimum absolute atomic E-state index is 0.297. The largest absolute Gasteiger partial charge is 0.478 e. The second kappa shape index (κ2) is 6.92. The van der Waals surface area contributed by atoms with E-state index in [0.717, 1.165) is 34.6 Å². The number of benzene rings is 3. The van der Waals surface area contributed by atoms with E-state index >= 15 is 0 Å². The third-order valence-corrected chi connectivity index (χ3v) is 4.56. The van der Waals surface area contributed by atoms with Crippen molar-refractivity contribution in [3.05, 3.63) is 83.9 Å². The van der Waals surface area contributed by atoms with Crippen LogP contribution in [0.3, 0.4) is 0 Å². The van der Waals surface area contributed by atoms with Crippen LogP contribution in [0.5, 0.6) is 0 Å². The van der Waals surface area contributed by atoms with Gasteiger partial charge in [-0.25, -0.2) is 4.79 Å². The Morgan fingerprint density at radius 2 is 1.62 bits per heavy atom. The first-order chi connectivity index (χ1) is 12.8. The molecule has 0 atom stereocenters. The lowest BCUT2D eigenvalue weighted by Gasteiger charge is -2.10. The highest BCUT2D eigenvalue weighted by Crippen LogP contribution is 2.30. The first-order valence-corrected chi connectivity index (χ1v) is 8.68. The number of hydrogen-bond donors (Lipinski definition) is 1. The van der Waals surface area contributed by atoms with Gasteiger partial charge in [0.2, 0.25) is 0 Å². The van der Waals surface area contributed by atoms with E-state index in [-0.39, 0.29) is 0 Å². The summed E-state index contributed by atoms with van der Waals surface area (Å²) in [4.78, 5) is 17.7. The van der Waals surface area contributed by atoms with Gasteiger partial charge < -0.3 is 9.94 Å². The third kappa shape index (κ3) is 2.90. The molecule has 0 bridgehead atoms. The Hall–Kier alpha value is -3.27. The summed E-state index contributed by atoms with van der Waals surface area (Å²) in [5.74, 6) is -0.928. The van der Waals surface area contributed by atoms with Gasteiger partial charge in [0, 0.05) is 10.8 Å². The summed E-state index contributed by atoms with van der Waals surface area (Å²) in [7, 11) is 0. The smallest absolute Gasteiger partial charge is 0.336 e. The maximum atomic E-state index is 11.6. The van der Waals surface area contributed by atoms with E-state index < -0.39 is 5.97 Å². The minimum Gasteiger partial charge on any atom is -0.478 e. The lowest BCUT2D eigenvalue weighted by Crippen LogP contribution is -2.13. The van der Waals surface area contributed by atoms with Gasteiger partial charge >= 0.3 is 5.97 Å². The number of aryl methyl sites for hydroxylation is 1. The van der Waals surface area contributed by atoms with E-state index in [2.05, 4.69) is 12.1 Å². The van der Waals surface area contributed by atoms with Crippen molar-refractivity contribution in [3.63, 3.8) is 0 Å². The van der Waals surface area contributed by atoms with Crippen molar-refractivity contribution in [1.29, 1.82) is 0 Å². The molecule has 0 saturated heterocycles. The van der Waals surface area contributed by atoms with E-state index in [1.54, 1.807) is 16.9 Å². The predicted molar refractivity (Wildman–Crippen MR) is 103 cm³/mol. The average Bonchev–Trinajstić information content (AvgIpc) is 3.00. The van der Waals surface area contributed by atoms with Gasteiger partial charge in [-0.05, 0) is 36.6 Å². The third-order valence-electron chi connectivity index (χ3n) is 4.56. The molecule has 1 N–H and O–H groups in total. The van der Waals surface area contributed by atoms with Gasteiger partial charge in [0.1, 0.15) is 6.61 Å². The number of para-hydroxylation sites is 1. The molecule has 0 spiro atoms. The van der Waals surface area contributed by atoms with Crippen LogP contribution in [0, 0.1) is 0 Å². The Morgan fingerprint density at radius 1 is 0.885 bits per heavy atom. The van der Waals surface area contributed by atoms with E-state index in [9.17, 15) is 9.90 Å². The van der Waals surface area contributed by atoms with Crippen LogP contribution in [0.4, 0.5) is 0 Å². The lowest BCUT2D eigenvalue weighted by molar-refractivity contribution is 0.0699. The fourth-order valence-electron chi connectivity index (χ4n) is 3.38. The molecule has 26 heavy (non-hydrogen) atoms. The first-order valence-electron chi connectivity index (χ1n) is 8.68. The minimum atomic E-state index is -0.928. The van der Waals surface area contributed by atoms with Crippen LogP contribution in [0.2, 0.25) is 0 Å². The quantitative estimate of drug-likeness (QED) is 0.521. The normalized spacial score (nSPS) is 11.1. The van der Waals surface area contributed by atoms with Gasteiger partial charge in [-0.1, -0.05) is 54.6 Å². The van der Waals surface area contributed by atoms with Crippen molar-refractivity contribution in [2.24, 2.45) is 0 Å². The van der Waals surface area contributed by atoms with E-state index in [0.29, 0.717) is 12.2 Å². The van der Waals surface area contributed by atoms with E-state index in [1.807, 2.05) is 48.5 Å². The average molecular weight is 345 g/mol. The summed E-state index contributed by atoms with van der Waals surface area (Å²) in [5.41, 5.74) is 3.25. The molecule has 4 heteroatoms. The highest BCUT2D eigenvalue weighted by Gasteiger charge is 2.17. The van der Waals surface area contributed by atoms with Crippen molar-refractivity contribution in [1.82, 2.24) is 4.73 Å². The molecule has 0 saturated carbocycles. The van der Waals surface area contributed by atoms with Crippen molar-refractivity contribution >= 4 is 27.8 Å². The van der Waals surface area contributed by atoms with Crippen LogP contribution in [0.1, 0.15) is 22.3 Å². The topological polar surface area (TPSA) is 51.5 Å².